The molecule has 0 aliphatic heterocycles. The van der Waals surface area contributed by atoms with E-state index < -0.39 is 0 Å². The van der Waals surface area contributed by atoms with Gasteiger partial charge in [0, 0.05) is 6.42 Å². The Balaban J connectivity index is 0. The van der Waals surface area contributed by atoms with Crippen LogP contribution in [0, 0.1) is 0 Å². The molecule has 0 spiro atoms. The molecule has 0 aromatic carbocycles. The first kappa shape index (κ1) is 11.1. The Morgan fingerprint density at radius 2 is 1.89 bits per heavy atom. The topological polar surface area (TPSA) is 26.3 Å². The smallest absolute Gasteiger partial charge is 0.305 e. The summed E-state index contributed by atoms with van der Waals surface area (Å²) in [7, 11) is 0. The molecule has 2 nitrogen and oxygen atoms in total. The molecule has 9 heavy (non-hydrogen) atoms. The number of ether oxygens (including phenoxy) is 1. The van der Waals surface area contributed by atoms with Crippen LogP contribution < -0.4 is 0 Å². The molecule has 0 aromatic heterocycles. The monoisotopic (exact) mass is 130 g/mol. The van der Waals surface area contributed by atoms with Crippen LogP contribution >= 0.6 is 0 Å². The zero-order valence-electron chi connectivity index (χ0n) is 6.14. The van der Waals surface area contributed by atoms with Crippen molar-refractivity contribution >= 4 is 5.97 Å². The summed E-state index contributed by atoms with van der Waals surface area (Å²) in [6.45, 7) is 10.1. The number of hydrogen-bond donors (Lipinski definition) is 0. The van der Waals surface area contributed by atoms with Gasteiger partial charge in [-0.3, -0.25) is 4.79 Å². The molecule has 0 fully saturated rings. The molecule has 54 valence electrons. The molecule has 0 rings (SSSR count). The van der Waals surface area contributed by atoms with Crippen molar-refractivity contribution in [2.75, 3.05) is 6.61 Å². The Hall–Kier alpha value is -0.790. The third-order valence-electron chi connectivity index (χ3n) is 0.594. The van der Waals surface area contributed by atoms with Crippen LogP contribution in [0.2, 0.25) is 0 Å². The number of carbonyl (C=O) groups excluding carboxylic acids is 1. The highest BCUT2D eigenvalue weighted by Gasteiger charge is 1.91. The molecular weight excluding hydrogens is 116 g/mol. The number of hydrogen-bond acceptors (Lipinski definition) is 2. The van der Waals surface area contributed by atoms with Crippen LogP contribution in [0.5, 0.6) is 0 Å². The zero-order valence-corrected chi connectivity index (χ0v) is 6.14. The minimum atomic E-state index is -0.123. The molecule has 0 unspecified atom stereocenters. The van der Waals surface area contributed by atoms with Crippen LogP contribution in [-0.4, -0.2) is 12.6 Å². The summed E-state index contributed by atoms with van der Waals surface area (Å²) in [5.41, 5.74) is 0. The number of esters is 1. The Labute approximate surface area is 56.5 Å². The predicted molar refractivity (Wildman–Crippen MR) is 38.2 cm³/mol. The predicted octanol–water partition coefficient (Wildman–Crippen LogP) is 1.76. The standard InChI is InChI=1S/C5H10O2.C2H4/c1-3-5(6)7-4-2;1-2/h3-4H2,1-2H3;1-2H2. The van der Waals surface area contributed by atoms with Gasteiger partial charge < -0.3 is 4.74 Å². The fourth-order valence-corrected chi connectivity index (χ4v) is 0.263. The molecule has 0 saturated heterocycles. The molecule has 0 aliphatic rings. The maximum atomic E-state index is 10.2. The van der Waals surface area contributed by atoms with Gasteiger partial charge in [-0.05, 0) is 6.92 Å². The fourth-order valence-electron chi connectivity index (χ4n) is 0.263. The van der Waals surface area contributed by atoms with Gasteiger partial charge in [0.25, 0.3) is 0 Å². The van der Waals surface area contributed by atoms with E-state index in [0.717, 1.165) is 0 Å². The first-order valence-electron chi connectivity index (χ1n) is 2.96. The van der Waals surface area contributed by atoms with E-state index in [1.807, 2.05) is 0 Å². The van der Waals surface area contributed by atoms with Crippen LogP contribution in [0.1, 0.15) is 20.3 Å². The summed E-state index contributed by atoms with van der Waals surface area (Å²) >= 11 is 0. The van der Waals surface area contributed by atoms with Crippen molar-refractivity contribution < 1.29 is 9.53 Å². The summed E-state index contributed by atoms with van der Waals surface area (Å²) in [5, 5.41) is 0. The molecule has 0 heterocycles. The second-order valence-corrected chi connectivity index (χ2v) is 1.16. The van der Waals surface area contributed by atoms with Gasteiger partial charge >= 0.3 is 5.97 Å². The molecule has 0 amide bonds. The second kappa shape index (κ2) is 10.2. The van der Waals surface area contributed by atoms with E-state index in [9.17, 15) is 4.79 Å². The van der Waals surface area contributed by atoms with Crippen LogP contribution in [-0.2, 0) is 9.53 Å². The van der Waals surface area contributed by atoms with Crippen LogP contribution in [0.3, 0.4) is 0 Å². The maximum absolute atomic E-state index is 10.2. The van der Waals surface area contributed by atoms with Gasteiger partial charge in [-0.2, -0.15) is 0 Å². The molecule has 2 heteroatoms. The first-order chi connectivity index (χ1) is 4.31. The van der Waals surface area contributed by atoms with Crippen molar-refractivity contribution in [3.63, 3.8) is 0 Å². The van der Waals surface area contributed by atoms with Gasteiger partial charge in [-0.15, -0.1) is 13.2 Å². The molecule has 0 aromatic rings. The summed E-state index contributed by atoms with van der Waals surface area (Å²) in [6.07, 6.45) is 0.480. The van der Waals surface area contributed by atoms with Crippen molar-refractivity contribution in [1.29, 1.82) is 0 Å². The largest absolute Gasteiger partial charge is 0.466 e. The van der Waals surface area contributed by atoms with Crippen LogP contribution in [0.25, 0.3) is 0 Å². The number of rotatable bonds is 2. The molecular formula is C7H14O2. The molecule has 0 bridgehead atoms. The van der Waals surface area contributed by atoms with E-state index in [4.69, 9.17) is 0 Å². The Morgan fingerprint density at radius 1 is 1.44 bits per heavy atom. The highest BCUT2D eigenvalue weighted by Crippen LogP contribution is 1.80. The fraction of sp³-hybridized carbons (Fsp3) is 0.571. The van der Waals surface area contributed by atoms with Crippen molar-refractivity contribution in [2.24, 2.45) is 0 Å². The van der Waals surface area contributed by atoms with Gasteiger partial charge in [0.2, 0.25) is 0 Å². The minimum absolute atomic E-state index is 0.123. The zero-order chi connectivity index (χ0) is 7.70. The summed E-state index contributed by atoms with van der Waals surface area (Å²) in [5.74, 6) is -0.123. The molecule has 0 saturated carbocycles. The van der Waals surface area contributed by atoms with Gasteiger partial charge in [-0.1, -0.05) is 6.92 Å². The first-order valence-corrected chi connectivity index (χ1v) is 2.96. The van der Waals surface area contributed by atoms with Gasteiger partial charge in [0.1, 0.15) is 0 Å². The van der Waals surface area contributed by atoms with E-state index in [2.05, 4.69) is 17.9 Å². The lowest BCUT2D eigenvalue weighted by Crippen LogP contribution is -2.00. The lowest BCUT2D eigenvalue weighted by Gasteiger charge is -1.93. The van der Waals surface area contributed by atoms with Gasteiger partial charge in [0.05, 0.1) is 6.61 Å². The van der Waals surface area contributed by atoms with E-state index in [0.29, 0.717) is 13.0 Å². The third kappa shape index (κ3) is 11.0. The normalized spacial score (nSPS) is 6.89. The van der Waals surface area contributed by atoms with Gasteiger partial charge in [0.15, 0.2) is 0 Å². The van der Waals surface area contributed by atoms with Crippen molar-refractivity contribution in [2.45, 2.75) is 20.3 Å². The van der Waals surface area contributed by atoms with Crippen molar-refractivity contribution in [3.05, 3.63) is 13.2 Å². The SMILES string of the molecule is C=C.CCOC(=O)CC. The van der Waals surface area contributed by atoms with Crippen LogP contribution in [0.15, 0.2) is 13.2 Å². The van der Waals surface area contributed by atoms with Crippen LogP contribution in [0.4, 0.5) is 0 Å². The minimum Gasteiger partial charge on any atom is -0.466 e. The molecule has 0 N–H and O–H groups in total. The highest BCUT2D eigenvalue weighted by atomic mass is 16.5. The molecule has 0 radical (unpaired) electrons. The lowest BCUT2D eigenvalue weighted by molar-refractivity contribution is -0.142. The van der Waals surface area contributed by atoms with Crippen molar-refractivity contribution in [1.82, 2.24) is 0 Å². The molecule has 0 atom stereocenters. The maximum Gasteiger partial charge on any atom is 0.305 e. The number of carbonyl (C=O) groups is 1. The van der Waals surface area contributed by atoms with Gasteiger partial charge in [-0.25, -0.2) is 0 Å². The third-order valence-corrected chi connectivity index (χ3v) is 0.594. The Kier molecular flexibility index (Phi) is 12.6. The Morgan fingerprint density at radius 3 is 2.00 bits per heavy atom. The highest BCUT2D eigenvalue weighted by molar-refractivity contribution is 5.68. The average Bonchev–Trinajstić information content (AvgIpc) is 1.93. The second-order valence-electron chi connectivity index (χ2n) is 1.16. The average molecular weight is 130 g/mol. The van der Waals surface area contributed by atoms with E-state index in [1.54, 1.807) is 13.8 Å². The quantitative estimate of drug-likeness (QED) is 0.420. The van der Waals surface area contributed by atoms with Crippen molar-refractivity contribution in [3.8, 4) is 0 Å². The summed E-state index contributed by atoms with van der Waals surface area (Å²) in [6, 6.07) is 0. The van der Waals surface area contributed by atoms with E-state index >= 15 is 0 Å². The Bertz CT molecular complexity index is 69.3. The summed E-state index contributed by atoms with van der Waals surface area (Å²) < 4.78 is 4.55. The molecule has 0 aliphatic carbocycles. The summed E-state index contributed by atoms with van der Waals surface area (Å²) in [4.78, 5) is 10.2. The van der Waals surface area contributed by atoms with E-state index in [1.165, 1.54) is 0 Å². The lowest BCUT2D eigenvalue weighted by atomic mass is 10.5. The van der Waals surface area contributed by atoms with E-state index in [-0.39, 0.29) is 5.97 Å².